The quantitative estimate of drug-likeness (QED) is 0.705. The van der Waals surface area contributed by atoms with Crippen LogP contribution >= 0.6 is 0 Å². The lowest BCUT2D eigenvalue weighted by Crippen LogP contribution is -2.51. The van der Waals surface area contributed by atoms with Gasteiger partial charge in [0.05, 0.1) is 13.2 Å². The highest BCUT2D eigenvalue weighted by Crippen LogP contribution is 2.20. The van der Waals surface area contributed by atoms with Crippen LogP contribution in [0.15, 0.2) is 0 Å². The number of piperidine rings is 1. The minimum absolute atomic E-state index is 0.236. The van der Waals surface area contributed by atoms with E-state index in [1.54, 1.807) is 7.11 Å². The predicted molar refractivity (Wildman–Crippen MR) is 75.2 cm³/mol. The first-order chi connectivity index (χ1) is 9.31. The Bertz CT molecular complexity index is 280. The van der Waals surface area contributed by atoms with E-state index in [-0.39, 0.29) is 5.91 Å². The third kappa shape index (κ3) is 4.44. The Hall–Kier alpha value is -0.650. The van der Waals surface area contributed by atoms with Crippen molar-refractivity contribution in [3.63, 3.8) is 0 Å². The third-order valence-electron chi connectivity index (χ3n) is 4.17. The van der Waals surface area contributed by atoms with E-state index in [2.05, 4.69) is 10.2 Å². The zero-order chi connectivity index (χ0) is 13.5. The van der Waals surface area contributed by atoms with Crippen molar-refractivity contribution in [2.45, 2.75) is 31.7 Å². The summed E-state index contributed by atoms with van der Waals surface area (Å²) < 4.78 is 4.96. The summed E-state index contributed by atoms with van der Waals surface area (Å²) in [5.41, 5.74) is 0. The van der Waals surface area contributed by atoms with E-state index in [1.165, 1.54) is 32.4 Å². The van der Waals surface area contributed by atoms with Gasteiger partial charge >= 0.3 is 0 Å². The second kappa shape index (κ2) is 7.82. The molecule has 2 fully saturated rings. The Kier molecular flexibility index (Phi) is 6.07. The lowest BCUT2D eigenvalue weighted by molar-refractivity contribution is -0.132. The van der Waals surface area contributed by atoms with E-state index in [1.807, 2.05) is 4.90 Å². The fourth-order valence-electron chi connectivity index (χ4n) is 3.07. The molecule has 0 bridgehead atoms. The van der Waals surface area contributed by atoms with Crippen LogP contribution < -0.4 is 5.32 Å². The number of likely N-dealkylation sites (tertiary alicyclic amines) is 2. The van der Waals surface area contributed by atoms with Gasteiger partial charge in [-0.2, -0.15) is 0 Å². The number of carbonyl (C=O) groups excluding carboxylic acids is 1. The third-order valence-corrected chi connectivity index (χ3v) is 4.17. The molecule has 2 heterocycles. The summed E-state index contributed by atoms with van der Waals surface area (Å²) in [5.74, 6) is 0.236. The number of nitrogens with one attached hydrogen (secondary N) is 1. The first-order valence-corrected chi connectivity index (χ1v) is 7.52. The molecule has 0 spiro atoms. The van der Waals surface area contributed by atoms with Gasteiger partial charge in [0.15, 0.2) is 0 Å². The molecule has 1 atom stereocenters. The zero-order valence-corrected chi connectivity index (χ0v) is 12.1. The van der Waals surface area contributed by atoms with Crippen molar-refractivity contribution in [2.24, 2.45) is 0 Å². The molecule has 0 aliphatic carbocycles. The van der Waals surface area contributed by atoms with Gasteiger partial charge in [0, 0.05) is 32.8 Å². The van der Waals surface area contributed by atoms with Crippen LogP contribution in [0.25, 0.3) is 0 Å². The average molecular weight is 269 g/mol. The molecule has 0 aromatic carbocycles. The number of ether oxygens (including phenoxy) is 1. The van der Waals surface area contributed by atoms with Gasteiger partial charge in [0.2, 0.25) is 5.91 Å². The molecular weight excluding hydrogens is 242 g/mol. The highest BCUT2D eigenvalue weighted by Gasteiger charge is 2.28. The summed E-state index contributed by atoms with van der Waals surface area (Å²) in [6.07, 6.45) is 5.04. The van der Waals surface area contributed by atoms with Crippen LogP contribution in [0.3, 0.4) is 0 Å². The molecule has 2 aliphatic heterocycles. The summed E-state index contributed by atoms with van der Waals surface area (Å²) in [4.78, 5) is 16.7. The van der Waals surface area contributed by atoms with Crippen molar-refractivity contribution >= 4 is 5.91 Å². The lowest BCUT2D eigenvalue weighted by Gasteiger charge is -2.37. The highest BCUT2D eigenvalue weighted by molar-refractivity contribution is 5.78. The minimum Gasteiger partial charge on any atom is -0.383 e. The molecule has 2 rings (SSSR count). The molecule has 110 valence electrons. The Labute approximate surface area is 116 Å². The van der Waals surface area contributed by atoms with E-state index in [0.29, 0.717) is 19.2 Å². The second-order valence-electron chi connectivity index (χ2n) is 5.55. The van der Waals surface area contributed by atoms with Gasteiger partial charge in [0.1, 0.15) is 0 Å². The normalized spacial score (nSPS) is 24.9. The van der Waals surface area contributed by atoms with Crippen LogP contribution in [0, 0.1) is 0 Å². The Balaban J connectivity index is 1.71. The van der Waals surface area contributed by atoms with E-state index in [0.717, 1.165) is 26.1 Å². The molecule has 0 radical (unpaired) electrons. The second-order valence-corrected chi connectivity index (χ2v) is 5.55. The molecule has 5 heteroatoms. The molecule has 19 heavy (non-hydrogen) atoms. The van der Waals surface area contributed by atoms with Crippen LogP contribution in [0.4, 0.5) is 0 Å². The summed E-state index contributed by atoms with van der Waals surface area (Å²) in [5, 5.41) is 3.14. The number of carbonyl (C=O) groups is 1. The molecule has 2 aliphatic rings. The van der Waals surface area contributed by atoms with E-state index in [9.17, 15) is 4.79 Å². The van der Waals surface area contributed by atoms with Gasteiger partial charge in [0.25, 0.3) is 0 Å². The van der Waals surface area contributed by atoms with Crippen LogP contribution in [-0.2, 0) is 9.53 Å². The zero-order valence-electron chi connectivity index (χ0n) is 12.1. The maximum Gasteiger partial charge on any atom is 0.236 e. The number of hydrogen-bond acceptors (Lipinski definition) is 4. The number of methoxy groups -OCH3 is 1. The topological polar surface area (TPSA) is 44.8 Å². The summed E-state index contributed by atoms with van der Waals surface area (Å²) in [6.45, 7) is 6.13. The van der Waals surface area contributed by atoms with E-state index in [4.69, 9.17) is 4.74 Å². The van der Waals surface area contributed by atoms with Gasteiger partial charge in [-0.3, -0.25) is 9.69 Å². The van der Waals surface area contributed by atoms with Crippen molar-refractivity contribution in [1.82, 2.24) is 15.1 Å². The molecule has 0 aromatic heterocycles. The van der Waals surface area contributed by atoms with Crippen molar-refractivity contribution in [1.29, 1.82) is 0 Å². The van der Waals surface area contributed by atoms with Gasteiger partial charge < -0.3 is 15.0 Å². The molecule has 2 saturated heterocycles. The molecule has 0 aromatic rings. The number of amides is 1. The molecule has 0 saturated carbocycles. The van der Waals surface area contributed by atoms with Gasteiger partial charge in [-0.1, -0.05) is 0 Å². The van der Waals surface area contributed by atoms with Gasteiger partial charge in [-0.05, 0) is 38.8 Å². The molecule has 5 nitrogen and oxygen atoms in total. The standard InChI is InChI=1S/C14H27N3O2/c1-19-10-6-15-11-14(18)17-9-4-5-13(12-17)16-7-2-3-8-16/h13,15H,2-12H2,1H3. The lowest BCUT2D eigenvalue weighted by atomic mass is 10.0. The maximum absolute atomic E-state index is 12.1. The molecule has 1 N–H and O–H groups in total. The van der Waals surface area contributed by atoms with E-state index >= 15 is 0 Å². The number of hydrogen-bond donors (Lipinski definition) is 1. The van der Waals surface area contributed by atoms with Gasteiger partial charge in [-0.15, -0.1) is 0 Å². The summed E-state index contributed by atoms with van der Waals surface area (Å²) >= 11 is 0. The van der Waals surface area contributed by atoms with Crippen LogP contribution in [0.1, 0.15) is 25.7 Å². The van der Waals surface area contributed by atoms with E-state index < -0.39 is 0 Å². The minimum atomic E-state index is 0.236. The summed E-state index contributed by atoms with van der Waals surface area (Å²) in [7, 11) is 1.68. The summed E-state index contributed by atoms with van der Waals surface area (Å²) in [6, 6.07) is 0.596. The largest absolute Gasteiger partial charge is 0.383 e. The first-order valence-electron chi connectivity index (χ1n) is 7.52. The number of nitrogens with zero attached hydrogens (tertiary/aromatic N) is 2. The average Bonchev–Trinajstić information content (AvgIpc) is 2.98. The SMILES string of the molecule is COCCNCC(=O)N1CCCC(N2CCCC2)C1. The smallest absolute Gasteiger partial charge is 0.236 e. The van der Waals surface area contributed by atoms with Crippen molar-refractivity contribution in [3.05, 3.63) is 0 Å². The van der Waals surface area contributed by atoms with Crippen molar-refractivity contribution < 1.29 is 9.53 Å². The maximum atomic E-state index is 12.1. The van der Waals surface area contributed by atoms with Gasteiger partial charge in [-0.25, -0.2) is 0 Å². The Morgan fingerprint density at radius 2 is 2.05 bits per heavy atom. The Morgan fingerprint density at radius 1 is 1.26 bits per heavy atom. The molecule has 1 amide bonds. The molecular formula is C14H27N3O2. The predicted octanol–water partition coefficient (Wildman–Crippen LogP) is 0.309. The molecule has 1 unspecified atom stereocenters. The van der Waals surface area contributed by atoms with Crippen molar-refractivity contribution in [2.75, 3.05) is 53.0 Å². The first kappa shape index (κ1) is 14.8. The van der Waals surface area contributed by atoms with Crippen molar-refractivity contribution in [3.8, 4) is 0 Å². The Morgan fingerprint density at radius 3 is 2.79 bits per heavy atom. The van der Waals surface area contributed by atoms with Crippen LogP contribution in [0.2, 0.25) is 0 Å². The van der Waals surface area contributed by atoms with Crippen LogP contribution in [0.5, 0.6) is 0 Å². The number of rotatable bonds is 6. The highest BCUT2D eigenvalue weighted by atomic mass is 16.5. The monoisotopic (exact) mass is 269 g/mol. The fourth-order valence-corrected chi connectivity index (χ4v) is 3.07. The fraction of sp³-hybridized carbons (Fsp3) is 0.929. The van der Waals surface area contributed by atoms with Crippen LogP contribution in [-0.4, -0.2) is 74.7 Å².